The fraction of sp³-hybridized carbons (Fsp3) is 0.250. The molecule has 1 aromatic heterocycles. The molecule has 2 aromatic rings. The summed E-state index contributed by atoms with van der Waals surface area (Å²) in [4.78, 5) is 7.82. The predicted octanol–water partition coefficient (Wildman–Crippen LogP) is 1.57. The second-order valence-electron chi connectivity index (χ2n) is 4.21. The zero-order valence-corrected chi connectivity index (χ0v) is 9.20. The van der Waals surface area contributed by atoms with Gasteiger partial charge in [0.2, 0.25) is 0 Å². The lowest BCUT2D eigenvalue weighted by molar-refractivity contribution is 0.266. The zero-order chi connectivity index (χ0) is 11.1. The van der Waals surface area contributed by atoms with Crippen LogP contribution in [0.2, 0.25) is 0 Å². The summed E-state index contributed by atoms with van der Waals surface area (Å²) in [7, 11) is 0. The molecule has 0 radical (unpaired) electrons. The molecule has 0 atom stereocenters. The van der Waals surface area contributed by atoms with Crippen LogP contribution in [0.15, 0.2) is 24.3 Å². The van der Waals surface area contributed by atoms with E-state index in [1.165, 1.54) is 11.1 Å². The molecule has 1 aromatic carbocycles. The number of rotatable bonds is 0. The number of H-pyrrole nitrogens is 1. The van der Waals surface area contributed by atoms with Crippen LogP contribution in [0, 0.1) is 6.92 Å². The Morgan fingerprint density at radius 2 is 2.12 bits per heavy atom. The van der Waals surface area contributed by atoms with Gasteiger partial charge in [0.15, 0.2) is 0 Å². The first kappa shape index (κ1) is 9.57. The van der Waals surface area contributed by atoms with Crippen molar-refractivity contribution in [3.8, 4) is 11.3 Å². The fourth-order valence-electron chi connectivity index (χ4n) is 2.24. The van der Waals surface area contributed by atoms with Gasteiger partial charge in [0.05, 0.1) is 17.9 Å². The summed E-state index contributed by atoms with van der Waals surface area (Å²) in [6.45, 7) is 3.45. The maximum atomic E-state index is 5.96. The second kappa shape index (κ2) is 3.43. The number of aromatic amines is 1. The van der Waals surface area contributed by atoms with Crippen LogP contribution in [-0.4, -0.2) is 15.0 Å². The normalized spacial score (nSPS) is 15.4. The molecule has 3 N–H and O–H groups in total. The lowest BCUT2D eigenvalue weighted by atomic mass is 10.0. The number of nitrogens with zero attached hydrogens (tertiary/aromatic N) is 2. The average molecular weight is 214 g/mol. The second-order valence-corrected chi connectivity index (χ2v) is 4.21. The van der Waals surface area contributed by atoms with Gasteiger partial charge in [0.1, 0.15) is 5.82 Å². The minimum atomic E-state index is 0.713. The number of aromatic nitrogens is 2. The van der Waals surface area contributed by atoms with Crippen LogP contribution in [-0.2, 0) is 13.1 Å². The first-order chi connectivity index (χ1) is 7.74. The van der Waals surface area contributed by atoms with Gasteiger partial charge in [-0.3, -0.25) is 5.84 Å². The molecule has 1 aliphatic rings. The van der Waals surface area contributed by atoms with Gasteiger partial charge < -0.3 is 4.98 Å². The molecular formula is C12H14N4. The van der Waals surface area contributed by atoms with Crippen LogP contribution in [0.5, 0.6) is 0 Å². The quantitative estimate of drug-likeness (QED) is 0.654. The van der Waals surface area contributed by atoms with E-state index in [2.05, 4.69) is 22.1 Å². The smallest absolute Gasteiger partial charge is 0.103 e. The van der Waals surface area contributed by atoms with Gasteiger partial charge in [0.25, 0.3) is 0 Å². The molecule has 0 spiro atoms. The average Bonchev–Trinajstić information content (AvgIpc) is 2.54. The highest BCUT2D eigenvalue weighted by Gasteiger charge is 2.19. The van der Waals surface area contributed by atoms with Gasteiger partial charge in [0, 0.05) is 12.1 Å². The summed E-state index contributed by atoms with van der Waals surface area (Å²) >= 11 is 0. The summed E-state index contributed by atoms with van der Waals surface area (Å²) in [6.07, 6.45) is 0. The molecule has 0 aliphatic carbocycles. The third-order valence-electron chi connectivity index (χ3n) is 2.90. The summed E-state index contributed by atoms with van der Waals surface area (Å²) in [5.74, 6) is 6.90. The van der Waals surface area contributed by atoms with Crippen molar-refractivity contribution in [1.29, 1.82) is 0 Å². The van der Waals surface area contributed by atoms with E-state index >= 15 is 0 Å². The van der Waals surface area contributed by atoms with Crippen LogP contribution in [0.25, 0.3) is 11.3 Å². The van der Waals surface area contributed by atoms with Crippen molar-refractivity contribution in [3.05, 3.63) is 41.3 Å². The van der Waals surface area contributed by atoms with E-state index in [1.807, 2.05) is 24.1 Å². The number of hydrogen-bond acceptors (Lipinski definition) is 3. The lowest BCUT2D eigenvalue weighted by Gasteiger charge is -2.13. The van der Waals surface area contributed by atoms with Crippen molar-refractivity contribution in [2.24, 2.45) is 5.84 Å². The highest BCUT2D eigenvalue weighted by Crippen LogP contribution is 2.29. The van der Waals surface area contributed by atoms with Gasteiger partial charge >= 0.3 is 0 Å². The number of imidazole rings is 1. The molecule has 0 fully saturated rings. The van der Waals surface area contributed by atoms with E-state index in [9.17, 15) is 0 Å². The van der Waals surface area contributed by atoms with Gasteiger partial charge in [-0.1, -0.05) is 24.3 Å². The van der Waals surface area contributed by atoms with Gasteiger partial charge in [-0.2, -0.15) is 0 Å². The van der Waals surface area contributed by atoms with Crippen LogP contribution in [0.1, 0.15) is 17.1 Å². The third-order valence-corrected chi connectivity index (χ3v) is 2.90. The molecule has 82 valence electrons. The molecule has 4 nitrogen and oxygen atoms in total. The van der Waals surface area contributed by atoms with E-state index in [0.29, 0.717) is 6.54 Å². The highest BCUT2D eigenvalue weighted by atomic mass is 15.4. The summed E-state index contributed by atoms with van der Waals surface area (Å²) in [5.41, 5.74) is 4.57. The minimum absolute atomic E-state index is 0.713. The largest absolute Gasteiger partial charge is 0.344 e. The number of hydrogen-bond donors (Lipinski definition) is 2. The maximum Gasteiger partial charge on any atom is 0.103 e. The zero-order valence-electron chi connectivity index (χ0n) is 9.20. The van der Waals surface area contributed by atoms with Crippen molar-refractivity contribution in [2.75, 3.05) is 0 Å². The highest BCUT2D eigenvalue weighted by molar-refractivity contribution is 5.67. The summed E-state index contributed by atoms with van der Waals surface area (Å²) < 4.78 is 0. The Morgan fingerprint density at radius 1 is 1.31 bits per heavy atom. The molecular weight excluding hydrogens is 200 g/mol. The number of fused-ring (bicyclic) bond motifs is 3. The summed E-state index contributed by atoms with van der Waals surface area (Å²) in [6, 6.07) is 8.29. The first-order valence-corrected chi connectivity index (χ1v) is 5.37. The molecule has 4 heteroatoms. The van der Waals surface area contributed by atoms with E-state index < -0.39 is 0 Å². The number of hydrazine groups is 1. The Labute approximate surface area is 94.1 Å². The standard InChI is InChI=1S/C12H14N4/c1-8-14-11-7-16(13)6-9-4-2-3-5-10(9)12(11)15-8/h2-5H,6-7,13H2,1H3,(H,14,15). The Hall–Kier alpha value is -1.65. The molecule has 2 heterocycles. The van der Waals surface area contributed by atoms with Gasteiger partial charge in [-0.25, -0.2) is 9.99 Å². The Kier molecular flexibility index (Phi) is 2.05. The van der Waals surface area contributed by atoms with Crippen molar-refractivity contribution in [2.45, 2.75) is 20.0 Å². The predicted molar refractivity (Wildman–Crippen MR) is 62.2 cm³/mol. The molecule has 0 saturated carbocycles. The van der Waals surface area contributed by atoms with Crippen LogP contribution in [0.4, 0.5) is 0 Å². The number of aryl methyl sites for hydroxylation is 1. The molecule has 0 amide bonds. The number of nitrogens with two attached hydrogens (primary N) is 1. The topological polar surface area (TPSA) is 57.9 Å². The van der Waals surface area contributed by atoms with Crippen LogP contribution < -0.4 is 5.84 Å². The number of benzene rings is 1. The Bertz CT molecular complexity index is 530. The van der Waals surface area contributed by atoms with Crippen LogP contribution in [0.3, 0.4) is 0 Å². The molecule has 3 rings (SSSR count). The fourth-order valence-corrected chi connectivity index (χ4v) is 2.24. The molecule has 0 saturated heterocycles. The van der Waals surface area contributed by atoms with E-state index in [-0.39, 0.29) is 0 Å². The monoisotopic (exact) mass is 214 g/mol. The third kappa shape index (κ3) is 1.43. The van der Waals surface area contributed by atoms with Gasteiger partial charge in [-0.15, -0.1) is 0 Å². The van der Waals surface area contributed by atoms with E-state index in [1.54, 1.807) is 0 Å². The number of nitrogens with one attached hydrogen (secondary N) is 1. The summed E-state index contributed by atoms with van der Waals surface area (Å²) in [5, 5.41) is 1.81. The van der Waals surface area contributed by atoms with Crippen molar-refractivity contribution < 1.29 is 0 Å². The lowest BCUT2D eigenvalue weighted by Crippen LogP contribution is -2.29. The Morgan fingerprint density at radius 3 is 3.00 bits per heavy atom. The maximum absolute atomic E-state index is 5.96. The molecule has 16 heavy (non-hydrogen) atoms. The van der Waals surface area contributed by atoms with Crippen molar-refractivity contribution in [1.82, 2.24) is 15.0 Å². The molecule has 1 aliphatic heterocycles. The van der Waals surface area contributed by atoms with Crippen LogP contribution >= 0.6 is 0 Å². The Balaban J connectivity index is 2.25. The van der Waals surface area contributed by atoms with Gasteiger partial charge in [-0.05, 0) is 12.5 Å². The van der Waals surface area contributed by atoms with Crippen molar-refractivity contribution >= 4 is 0 Å². The SMILES string of the molecule is Cc1nc2c([nH]1)CN(N)Cc1ccccc1-2. The first-order valence-electron chi connectivity index (χ1n) is 5.37. The van der Waals surface area contributed by atoms with E-state index in [0.717, 1.165) is 23.8 Å². The molecule has 0 bridgehead atoms. The van der Waals surface area contributed by atoms with E-state index in [4.69, 9.17) is 5.84 Å². The minimum Gasteiger partial charge on any atom is -0.344 e. The molecule has 0 unspecified atom stereocenters. The van der Waals surface area contributed by atoms with Crippen molar-refractivity contribution in [3.63, 3.8) is 0 Å².